The lowest BCUT2D eigenvalue weighted by atomic mass is 10.2. The van der Waals surface area contributed by atoms with Crippen LogP contribution >= 0.6 is 0 Å². The largest absolute Gasteiger partial charge is 0.497 e. The van der Waals surface area contributed by atoms with Gasteiger partial charge in [0.25, 0.3) is 0 Å². The Kier molecular flexibility index (Phi) is 3.70. The monoisotopic (exact) mass is 262 g/mol. The molecule has 1 aromatic heterocycles. The Morgan fingerprint density at radius 2 is 1.95 bits per heavy atom. The van der Waals surface area contributed by atoms with Crippen LogP contribution in [0.15, 0.2) is 30.5 Å². The zero-order chi connectivity index (χ0) is 13.8. The fourth-order valence-corrected chi connectivity index (χ4v) is 1.75. The minimum atomic E-state index is -1.06. The van der Waals surface area contributed by atoms with Crippen molar-refractivity contribution in [3.8, 4) is 11.6 Å². The van der Waals surface area contributed by atoms with E-state index < -0.39 is 5.97 Å². The third kappa shape index (κ3) is 2.67. The van der Waals surface area contributed by atoms with E-state index in [1.165, 1.54) is 18.0 Å². The van der Waals surface area contributed by atoms with E-state index in [0.29, 0.717) is 6.54 Å². The lowest BCUT2D eigenvalue weighted by molar-refractivity contribution is 0.0693. The van der Waals surface area contributed by atoms with Gasteiger partial charge in [-0.1, -0.05) is 12.1 Å². The predicted octanol–water partition coefficient (Wildman–Crippen LogP) is 1.65. The van der Waals surface area contributed by atoms with Gasteiger partial charge >= 0.3 is 5.97 Å². The standard InChI is InChI=1S/C13H14N2O4/c1-18-10-5-3-9(4-6-10)8-15-12(19-2)11(7-14-15)13(16)17/h3-7H,8H2,1-2H3,(H,16,17). The summed E-state index contributed by atoms with van der Waals surface area (Å²) in [6.45, 7) is 0.431. The van der Waals surface area contributed by atoms with Crippen molar-refractivity contribution >= 4 is 5.97 Å². The van der Waals surface area contributed by atoms with Crippen molar-refractivity contribution in [1.82, 2.24) is 9.78 Å². The summed E-state index contributed by atoms with van der Waals surface area (Å²) < 4.78 is 11.7. The van der Waals surface area contributed by atoms with E-state index >= 15 is 0 Å². The molecule has 6 heteroatoms. The molecule has 100 valence electrons. The van der Waals surface area contributed by atoms with Crippen LogP contribution in [-0.4, -0.2) is 35.1 Å². The smallest absolute Gasteiger partial charge is 0.342 e. The number of nitrogens with zero attached hydrogens (tertiary/aromatic N) is 2. The van der Waals surface area contributed by atoms with Crippen LogP contribution in [0, 0.1) is 0 Å². The highest BCUT2D eigenvalue weighted by Crippen LogP contribution is 2.20. The van der Waals surface area contributed by atoms with Crippen molar-refractivity contribution in [2.75, 3.05) is 14.2 Å². The van der Waals surface area contributed by atoms with Crippen LogP contribution in [0.25, 0.3) is 0 Å². The second-order valence-corrected chi connectivity index (χ2v) is 3.88. The van der Waals surface area contributed by atoms with Gasteiger partial charge in [-0.15, -0.1) is 0 Å². The summed E-state index contributed by atoms with van der Waals surface area (Å²) in [6, 6.07) is 7.45. The molecule has 1 N–H and O–H groups in total. The Bertz CT molecular complexity index is 575. The van der Waals surface area contributed by atoms with Gasteiger partial charge in [0.15, 0.2) is 0 Å². The zero-order valence-electron chi connectivity index (χ0n) is 10.7. The second kappa shape index (κ2) is 5.43. The van der Waals surface area contributed by atoms with Gasteiger partial charge in [-0.3, -0.25) is 0 Å². The summed E-state index contributed by atoms with van der Waals surface area (Å²) in [7, 11) is 3.03. The maximum Gasteiger partial charge on any atom is 0.342 e. The van der Waals surface area contributed by atoms with Crippen molar-refractivity contribution in [2.24, 2.45) is 0 Å². The minimum Gasteiger partial charge on any atom is -0.497 e. The SMILES string of the molecule is COc1ccc(Cn2ncc(C(=O)O)c2OC)cc1. The first-order valence-electron chi connectivity index (χ1n) is 5.61. The third-order valence-electron chi connectivity index (χ3n) is 2.71. The van der Waals surface area contributed by atoms with E-state index in [1.807, 2.05) is 24.3 Å². The van der Waals surface area contributed by atoms with E-state index in [0.717, 1.165) is 11.3 Å². The number of carbonyl (C=O) groups is 1. The van der Waals surface area contributed by atoms with Crippen LogP contribution < -0.4 is 9.47 Å². The summed E-state index contributed by atoms with van der Waals surface area (Å²) in [6.07, 6.45) is 1.28. The van der Waals surface area contributed by atoms with Gasteiger partial charge in [0.2, 0.25) is 5.88 Å². The number of rotatable bonds is 5. The highest BCUT2D eigenvalue weighted by atomic mass is 16.5. The average Bonchev–Trinajstić information content (AvgIpc) is 2.82. The number of aromatic carboxylic acids is 1. The highest BCUT2D eigenvalue weighted by Gasteiger charge is 2.17. The molecule has 0 saturated carbocycles. The Hall–Kier alpha value is -2.50. The Morgan fingerprint density at radius 1 is 1.26 bits per heavy atom. The summed E-state index contributed by atoms with van der Waals surface area (Å²) in [5.74, 6) is -0.0523. The van der Waals surface area contributed by atoms with E-state index in [2.05, 4.69) is 5.10 Å². The van der Waals surface area contributed by atoms with E-state index in [1.54, 1.807) is 7.11 Å². The summed E-state index contributed by atoms with van der Waals surface area (Å²) in [5.41, 5.74) is 1.02. The van der Waals surface area contributed by atoms with Gasteiger partial charge in [-0.2, -0.15) is 5.10 Å². The fraction of sp³-hybridized carbons (Fsp3) is 0.231. The first-order valence-corrected chi connectivity index (χ1v) is 5.61. The molecule has 0 atom stereocenters. The fourth-order valence-electron chi connectivity index (χ4n) is 1.75. The zero-order valence-corrected chi connectivity index (χ0v) is 10.7. The number of hydrogen-bond acceptors (Lipinski definition) is 4. The number of ether oxygens (including phenoxy) is 2. The summed E-state index contributed by atoms with van der Waals surface area (Å²) in [5, 5.41) is 13.0. The molecule has 0 fully saturated rings. The Labute approximate surface area is 110 Å². The number of carboxylic acids is 1. The van der Waals surface area contributed by atoms with Gasteiger partial charge in [0.05, 0.1) is 27.0 Å². The van der Waals surface area contributed by atoms with Crippen molar-refractivity contribution < 1.29 is 19.4 Å². The van der Waals surface area contributed by atoms with Crippen molar-refractivity contribution in [3.63, 3.8) is 0 Å². The lowest BCUT2D eigenvalue weighted by Crippen LogP contribution is -2.06. The van der Waals surface area contributed by atoms with Gasteiger partial charge < -0.3 is 14.6 Å². The molecule has 0 aliphatic carbocycles. The topological polar surface area (TPSA) is 73.6 Å². The average molecular weight is 262 g/mol. The second-order valence-electron chi connectivity index (χ2n) is 3.88. The molecule has 0 amide bonds. The van der Waals surface area contributed by atoms with Crippen LogP contribution in [0.3, 0.4) is 0 Å². The van der Waals surface area contributed by atoms with Crippen LogP contribution in [0.1, 0.15) is 15.9 Å². The van der Waals surface area contributed by atoms with Crippen LogP contribution in [0.5, 0.6) is 11.6 Å². The molecule has 0 aliphatic rings. The van der Waals surface area contributed by atoms with Gasteiger partial charge in [-0.05, 0) is 17.7 Å². The Balaban J connectivity index is 2.25. The van der Waals surface area contributed by atoms with Crippen molar-refractivity contribution in [2.45, 2.75) is 6.54 Å². The lowest BCUT2D eigenvalue weighted by Gasteiger charge is -2.07. The maximum atomic E-state index is 11.0. The molecule has 0 aliphatic heterocycles. The van der Waals surface area contributed by atoms with Crippen molar-refractivity contribution in [3.05, 3.63) is 41.6 Å². The summed E-state index contributed by atoms with van der Waals surface area (Å²) in [4.78, 5) is 11.0. The molecular formula is C13H14N2O4. The number of benzene rings is 1. The first kappa shape index (κ1) is 12.9. The van der Waals surface area contributed by atoms with E-state index in [9.17, 15) is 4.79 Å². The van der Waals surface area contributed by atoms with Gasteiger partial charge in [0.1, 0.15) is 11.3 Å². The molecule has 1 heterocycles. The normalized spacial score (nSPS) is 10.2. The minimum absolute atomic E-state index is 0.0519. The molecule has 0 unspecified atom stereocenters. The molecule has 2 aromatic rings. The quantitative estimate of drug-likeness (QED) is 0.886. The summed E-state index contributed by atoms with van der Waals surface area (Å²) >= 11 is 0. The molecular weight excluding hydrogens is 248 g/mol. The van der Waals surface area contributed by atoms with Gasteiger partial charge in [0, 0.05) is 0 Å². The maximum absolute atomic E-state index is 11.0. The third-order valence-corrected chi connectivity index (χ3v) is 2.71. The molecule has 6 nitrogen and oxygen atoms in total. The van der Waals surface area contributed by atoms with Gasteiger partial charge in [-0.25, -0.2) is 9.48 Å². The molecule has 1 aromatic carbocycles. The molecule has 0 bridgehead atoms. The Morgan fingerprint density at radius 3 is 2.47 bits per heavy atom. The number of carboxylic acid groups (broad SMARTS) is 1. The number of hydrogen-bond donors (Lipinski definition) is 1. The molecule has 2 rings (SSSR count). The van der Waals surface area contributed by atoms with E-state index in [-0.39, 0.29) is 11.4 Å². The van der Waals surface area contributed by atoms with Crippen molar-refractivity contribution in [1.29, 1.82) is 0 Å². The predicted molar refractivity (Wildman–Crippen MR) is 67.8 cm³/mol. The molecule has 0 spiro atoms. The highest BCUT2D eigenvalue weighted by molar-refractivity contribution is 5.89. The molecule has 0 saturated heterocycles. The number of methoxy groups -OCH3 is 2. The van der Waals surface area contributed by atoms with Crippen LogP contribution in [-0.2, 0) is 6.54 Å². The number of aromatic nitrogens is 2. The molecule has 0 radical (unpaired) electrons. The first-order chi connectivity index (χ1) is 9.15. The van der Waals surface area contributed by atoms with E-state index in [4.69, 9.17) is 14.6 Å². The van der Waals surface area contributed by atoms with Crippen LogP contribution in [0.2, 0.25) is 0 Å². The van der Waals surface area contributed by atoms with Crippen LogP contribution in [0.4, 0.5) is 0 Å². The molecule has 19 heavy (non-hydrogen) atoms.